The first kappa shape index (κ1) is 23.6. The van der Waals surface area contributed by atoms with Gasteiger partial charge in [-0.2, -0.15) is 0 Å². The normalized spacial score (nSPS) is 35.4. The molecule has 3 fully saturated rings. The van der Waals surface area contributed by atoms with E-state index in [4.69, 9.17) is 0 Å². The van der Waals surface area contributed by atoms with Crippen molar-refractivity contribution in [2.75, 3.05) is 19.7 Å². The molecular formula is C21H31BrN2O5S. The molecule has 2 N–H and O–H groups in total. The summed E-state index contributed by atoms with van der Waals surface area (Å²) in [6.45, 7) is 8.38. The number of carboxylic acid groups (broad SMARTS) is 1. The topological polar surface area (TPSA) is 98.2 Å². The molecule has 3 heterocycles. The number of hydrogen-bond donors (Lipinski definition) is 2. The minimum Gasteiger partial charge on any atom is -0.481 e. The Kier molecular flexibility index (Phi) is 7.24. The summed E-state index contributed by atoms with van der Waals surface area (Å²) < 4.78 is -0.787. The highest BCUT2D eigenvalue weighted by Crippen LogP contribution is 2.68. The van der Waals surface area contributed by atoms with Crippen molar-refractivity contribution in [1.29, 1.82) is 0 Å². The Morgan fingerprint density at radius 1 is 1.47 bits per heavy atom. The fourth-order valence-corrected chi connectivity index (χ4v) is 8.99. The number of aliphatic hydroxyl groups excluding tert-OH is 1. The molecule has 168 valence electrons. The van der Waals surface area contributed by atoms with E-state index < -0.39 is 34.6 Å². The maximum Gasteiger partial charge on any atom is 0.308 e. The van der Waals surface area contributed by atoms with Gasteiger partial charge in [0, 0.05) is 23.2 Å². The number of halogens is 1. The van der Waals surface area contributed by atoms with Crippen LogP contribution in [-0.4, -0.2) is 84.4 Å². The molecule has 9 heteroatoms. The average Bonchev–Trinajstić information content (AvgIpc) is 3.30. The van der Waals surface area contributed by atoms with Gasteiger partial charge in [0.2, 0.25) is 11.8 Å². The van der Waals surface area contributed by atoms with Crippen molar-refractivity contribution in [2.24, 2.45) is 11.8 Å². The first-order valence-corrected chi connectivity index (χ1v) is 12.5. The smallest absolute Gasteiger partial charge is 0.308 e. The van der Waals surface area contributed by atoms with Crippen molar-refractivity contribution in [2.45, 2.75) is 66.4 Å². The molecule has 2 bridgehead atoms. The van der Waals surface area contributed by atoms with E-state index in [0.717, 1.165) is 12.8 Å². The molecule has 7 atom stereocenters. The summed E-state index contributed by atoms with van der Waals surface area (Å²) in [5.41, 5.74) is 0. The molecule has 1 spiro atoms. The van der Waals surface area contributed by atoms with Crippen LogP contribution in [-0.2, 0) is 14.4 Å². The summed E-state index contributed by atoms with van der Waals surface area (Å²) in [5, 5.41) is 19.7. The lowest BCUT2D eigenvalue weighted by Crippen LogP contribution is -2.57. The van der Waals surface area contributed by atoms with Crippen LogP contribution in [0.15, 0.2) is 12.7 Å². The molecule has 7 nitrogen and oxygen atoms in total. The number of thioether (sulfide) groups is 1. The molecule has 2 amide bonds. The van der Waals surface area contributed by atoms with Crippen LogP contribution in [0, 0.1) is 11.8 Å². The Morgan fingerprint density at radius 2 is 2.17 bits per heavy atom. The first-order chi connectivity index (χ1) is 14.3. The van der Waals surface area contributed by atoms with Crippen molar-refractivity contribution < 1.29 is 24.6 Å². The standard InChI is InChI=1S/C21H31BrN2O5S/c1-4-7-9-23(8-5-2)19(27)17-21-10-13(22)16(30-21)14(20(28)29)15(21)18(26)24(17)12(6-3)11-25/h5,12-17,25H,2,4,6-11H2,1,3H3,(H,28,29)/t12-,13?,14-,15-,16-,17?,21?/m0/s1. The maximum absolute atomic E-state index is 13.9. The number of unbranched alkanes of at least 4 members (excludes halogenated alkanes) is 1. The van der Waals surface area contributed by atoms with Crippen molar-refractivity contribution >= 4 is 45.5 Å². The van der Waals surface area contributed by atoms with E-state index >= 15 is 0 Å². The lowest BCUT2D eigenvalue weighted by atomic mass is 9.71. The molecule has 30 heavy (non-hydrogen) atoms. The van der Waals surface area contributed by atoms with Crippen LogP contribution in [0.4, 0.5) is 0 Å². The number of rotatable bonds is 10. The number of carbonyl (C=O) groups excluding carboxylic acids is 2. The number of amides is 2. The van der Waals surface area contributed by atoms with Gasteiger partial charge in [-0.3, -0.25) is 14.4 Å². The van der Waals surface area contributed by atoms with Gasteiger partial charge in [-0.05, 0) is 19.3 Å². The van der Waals surface area contributed by atoms with E-state index in [1.807, 2.05) is 6.92 Å². The van der Waals surface area contributed by atoms with Gasteiger partial charge >= 0.3 is 5.97 Å². The van der Waals surface area contributed by atoms with Crippen molar-refractivity contribution in [3.63, 3.8) is 0 Å². The fourth-order valence-electron chi connectivity index (χ4n) is 5.41. The van der Waals surface area contributed by atoms with E-state index in [2.05, 4.69) is 29.4 Å². The molecule has 0 saturated carbocycles. The van der Waals surface area contributed by atoms with E-state index in [1.54, 1.807) is 11.0 Å². The van der Waals surface area contributed by atoms with Crippen molar-refractivity contribution in [3.8, 4) is 0 Å². The lowest BCUT2D eigenvalue weighted by Gasteiger charge is -2.39. The monoisotopic (exact) mass is 502 g/mol. The fraction of sp³-hybridized carbons (Fsp3) is 0.762. The molecule has 0 radical (unpaired) electrons. The third kappa shape index (κ3) is 3.50. The highest BCUT2D eigenvalue weighted by Gasteiger charge is 2.76. The Morgan fingerprint density at radius 3 is 2.70 bits per heavy atom. The zero-order valence-corrected chi connectivity index (χ0v) is 19.9. The number of hydrogen-bond acceptors (Lipinski definition) is 5. The van der Waals surface area contributed by atoms with Crippen LogP contribution in [0.1, 0.15) is 39.5 Å². The first-order valence-electron chi connectivity index (χ1n) is 10.7. The van der Waals surface area contributed by atoms with Crippen LogP contribution in [0.5, 0.6) is 0 Å². The minimum absolute atomic E-state index is 0.0689. The van der Waals surface area contributed by atoms with Gasteiger partial charge in [-0.25, -0.2) is 0 Å². The Hall–Kier alpha value is -1.06. The molecular weight excluding hydrogens is 472 g/mol. The predicted octanol–water partition coefficient (Wildman–Crippen LogP) is 2.12. The molecule has 0 aromatic heterocycles. The van der Waals surface area contributed by atoms with E-state index in [0.29, 0.717) is 25.9 Å². The van der Waals surface area contributed by atoms with Gasteiger partial charge in [0.15, 0.2) is 0 Å². The SMILES string of the molecule is C=CCN(CCCC)C(=O)C1N([C@@H](CC)CO)C(=O)[C@@H]2[C@H](C(=O)O)[C@H]3SC12CC3Br. The summed E-state index contributed by atoms with van der Waals surface area (Å²) in [6, 6.07) is -1.28. The molecule has 0 aromatic rings. The number of carboxylic acids is 1. The van der Waals surface area contributed by atoms with E-state index in [-0.39, 0.29) is 28.5 Å². The van der Waals surface area contributed by atoms with Gasteiger partial charge in [-0.15, -0.1) is 18.3 Å². The number of alkyl halides is 1. The maximum atomic E-state index is 13.9. The second kappa shape index (κ2) is 9.20. The Labute approximate surface area is 190 Å². The molecule has 3 rings (SSSR count). The summed E-state index contributed by atoms with van der Waals surface area (Å²) in [7, 11) is 0. The molecule has 3 saturated heterocycles. The van der Waals surface area contributed by atoms with Gasteiger partial charge in [-0.1, -0.05) is 42.3 Å². The Bertz CT molecular complexity index is 718. The van der Waals surface area contributed by atoms with Crippen molar-refractivity contribution in [1.82, 2.24) is 9.80 Å². The third-order valence-corrected chi connectivity index (χ3v) is 9.98. The highest BCUT2D eigenvalue weighted by atomic mass is 79.9. The van der Waals surface area contributed by atoms with Crippen LogP contribution in [0.2, 0.25) is 0 Å². The number of likely N-dealkylation sites (tertiary alicyclic amines) is 1. The van der Waals surface area contributed by atoms with Gasteiger partial charge in [0.25, 0.3) is 0 Å². The summed E-state index contributed by atoms with van der Waals surface area (Å²) >= 11 is 5.12. The molecule has 0 aliphatic carbocycles. The largest absolute Gasteiger partial charge is 0.481 e. The number of carbonyl (C=O) groups is 3. The van der Waals surface area contributed by atoms with Gasteiger partial charge < -0.3 is 20.0 Å². The van der Waals surface area contributed by atoms with Crippen LogP contribution in [0.25, 0.3) is 0 Å². The highest BCUT2D eigenvalue weighted by molar-refractivity contribution is 9.09. The Balaban J connectivity index is 2.09. The van der Waals surface area contributed by atoms with Crippen LogP contribution >= 0.6 is 27.7 Å². The van der Waals surface area contributed by atoms with E-state index in [9.17, 15) is 24.6 Å². The van der Waals surface area contributed by atoms with Crippen LogP contribution in [0.3, 0.4) is 0 Å². The van der Waals surface area contributed by atoms with E-state index in [1.165, 1.54) is 16.7 Å². The molecule has 0 aromatic carbocycles. The van der Waals surface area contributed by atoms with Gasteiger partial charge in [0.05, 0.1) is 29.2 Å². The quantitative estimate of drug-likeness (QED) is 0.350. The third-order valence-electron chi connectivity index (χ3n) is 6.76. The zero-order valence-electron chi connectivity index (χ0n) is 17.5. The second-order valence-electron chi connectivity index (χ2n) is 8.42. The lowest BCUT2D eigenvalue weighted by molar-refractivity contribution is -0.149. The molecule has 3 aliphatic rings. The van der Waals surface area contributed by atoms with Crippen molar-refractivity contribution in [3.05, 3.63) is 12.7 Å². The van der Waals surface area contributed by atoms with Gasteiger partial charge in [0.1, 0.15) is 6.04 Å². The summed E-state index contributed by atoms with van der Waals surface area (Å²) in [4.78, 5) is 42.8. The zero-order chi connectivity index (χ0) is 22.2. The molecule has 3 aliphatic heterocycles. The average molecular weight is 503 g/mol. The number of nitrogens with zero attached hydrogens (tertiary/aromatic N) is 2. The summed E-state index contributed by atoms with van der Waals surface area (Å²) in [6.07, 6.45) is 4.50. The van der Waals surface area contributed by atoms with Crippen LogP contribution < -0.4 is 0 Å². The molecule has 3 unspecified atom stereocenters. The minimum atomic E-state index is -0.990. The predicted molar refractivity (Wildman–Crippen MR) is 120 cm³/mol. The summed E-state index contributed by atoms with van der Waals surface area (Å²) in [5.74, 6) is -3.03. The number of aliphatic hydroxyl groups is 1. The second-order valence-corrected chi connectivity index (χ2v) is 11.1. The number of fused-ring (bicyclic) bond motifs is 1. The number of aliphatic carboxylic acids is 1.